The Morgan fingerprint density at radius 1 is 1.29 bits per heavy atom. The minimum atomic E-state index is -3.98. The van der Waals surface area contributed by atoms with Gasteiger partial charge in [-0.15, -0.1) is 0 Å². The Hall–Kier alpha value is -1.48. The number of benzene rings is 1. The maximum atomic E-state index is 11.9. The summed E-state index contributed by atoms with van der Waals surface area (Å²) in [6.07, 6.45) is 0. The molecule has 2 N–H and O–H groups in total. The number of nitrogens with two attached hydrogens (primary N) is 1. The molecule has 1 aromatic rings. The summed E-state index contributed by atoms with van der Waals surface area (Å²) in [7, 11) is -1.70. The normalized spacial score (nSPS) is 11.7. The molecule has 0 aromatic heterocycles. The lowest BCUT2D eigenvalue weighted by Crippen LogP contribution is -2.29. The highest BCUT2D eigenvalue weighted by atomic mass is 32.2. The molecular weight excluding hydrogens is 248 g/mol. The van der Waals surface area contributed by atoms with Crippen LogP contribution >= 0.6 is 0 Å². The number of amides is 1. The Labute approximate surface area is 98.7 Å². The SMILES string of the molecule is CON(OC)S(=O)(=O)c1cccc(C(N)=O)c1. The number of rotatable bonds is 5. The molecule has 0 fully saturated rings. The molecule has 1 rings (SSSR count). The Morgan fingerprint density at radius 3 is 2.35 bits per heavy atom. The lowest BCUT2D eigenvalue weighted by molar-refractivity contribution is -0.270. The number of sulfonamides is 1. The fourth-order valence-corrected chi connectivity index (χ4v) is 2.26. The first kappa shape index (κ1) is 13.6. The van der Waals surface area contributed by atoms with Crippen LogP contribution < -0.4 is 5.73 Å². The van der Waals surface area contributed by atoms with Crippen molar-refractivity contribution in [2.24, 2.45) is 5.73 Å². The van der Waals surface area contributed by atoms with Crippen molar-refractivity contribution in [3.8, 4) is 0 Å². The second kappa shape index (κ2) is 5.23. The molecule has 0 bridgehead atoms. The van der Waals surface area contributed by atoms with E-state index >= 15 is 0 Å². The number of carbonyl (C=O) groups is 1. The first-order chi connectivity index (χ1) is 7.93. The van der Waals surface area contributed by atoms with Crippen molar-refractivity contribution in [1.82, 2.24) is 4.63 Å². The highest BCUT2D eigenvalue weighted by Crippen LogP contribution is 2.16. The number of hydrogen-bond acceptors (Lipinski definition) is 5. The Morgan fingerprint density at radius 2 is 1.88 bits per heavy atom. The van der Waals surface area contributed by atoms with Gasteiger partial charge in [0.25, 0.3) is 10.0 Å². The zero-order valence-electron chi connectivity index (χ0n) is 9.28. The van der Waals surface area contributed by atoms with Crippen LogP contribution in [0.15, 0.2) is 29.2 Å². The van der Waals surface area contributed by atoms with Gasteiger partial charge < -0.3 is 5.73 Å². The summed E-state index contributed by atoms with van der Waals surface area (Å²) in [6.45, 7) is 0. The third-order valence-electron chi connectivity index (χ3n) is 1.91. The minimum Gasteiger partial charge on any atom is -0.366 e. The Bertz CT molecular complexity index is 510. The van der Waals surface area contributed by atoms with Crippen LogP contribution in [0.25, 0.3) is 0 Å². The van der Waals surface area contributed by atoms with E-state index in [-0.39, 0.29) is 10.5 Å². The van der Waals surface area contributed by atoms with Gasteiger partial charge >= 0.3 is 0 Å². The molecule has 0 unspecified atom stereocenters. The summed E-state index contributed by atoms with van der Waals surface area (Å²) in [5, 5.41) is 0. The van der Waals surface area contributed by atoms with Crippen molar-refractivity contribution >= 4 is 15.9 Å². The number of nitrogens with zero attached hydrogens (tertiary/aromatic N) is 1. The summed E-state index contributed by atoms with van der Waals surface area (Å²) in [5.41, 5.74) is 5.14. The highest BCUT2D eigenvalue weighted by molar-refractivity contribution is 7.88. The van der Waals surface area contributed by atoms with Gasteiger partial charge in [-0.1, -0.05) is 6.07 Å². The number of hydrogen-bond donors (Lipinski definition) is 1. The predicted molar refractivity (Wildman–Crippen MR) is 58.0 cm³/mol. The van der Waals surface area contributed by atoms with Crippen LogP contribution in [-0.4, -0.2) is 33.2 Å². The van der Waals surface area contributed by atoms with Gasteiger partial charge in [0, 0.05) is 5.56 Å². The van der Waals surface area contributed by atoms with Crippen LogP contribution in [0, 0.1) is 0 Å². The van der Waals surface area contributed by atoms with Crippen LogP contribution in [0.5, 0.6) is 0 Å². The van der Waals surface area contributed by atoms with Crippen LogP contribution in [0.3, 0.4) is 0 Å². The lowest BCUT2D eigenvalue weighted by atomic mass is 10.2. The van der Waals surface area contributed by atoms with Gasteiger partial charge in [-0.05, 0) is 18.2 Å². The molecule has 17 heavy (non-hydrogen) atoms. The van der Waals surface area contributed by atoms with Crippen molar-refractivity contribution in [1.29, 1.82) is 0 Å². The molecule has 0 heterocycles. The monoisotopic (exact) mass is 260 g/mol. The molecule has 0 aliphatic rings. The molecule has 0 aliphatic carbocycles. The fourth-order valence-electron chi connectivity index (χ4n) is 1.17. The first-order valence-electron chi connectivity index (χ1n) is 4.47. The summed E-state index contributed by atoms with van der Waals surface area (Å²) < 4.78 is 24.1. The average molecular weight is 260 g/mol. The van der Waals surface area contributed by atoms with Crippen LogP contribution in [0.2, 0.25) is 0 Å². The standard InChI is InChI=1S/C9H12N2O5S/c1-15-11(16-2)17(13,14)8-5-3-4-7(6-8)9(10)12/h3-6H,1-2H3,(H2,10,12). The summed E-state index contributed by atoms with van der Waals surface area (Å²) in [6, 6.07) is 5.25. The largest absolute Gasteiger partial charge is 0.366 e. The smallest absolute Gasteiger partial charge is 0.288 e. The first-order valence-corrected chi connectivity index (χ1v) is 5.91. The van der Waals surface area contributed by atoms with Gasteiger partial charge in [-0.3, -0.25) is 14.5 Å². The molecule has 0 radical (unpaired) electrons. The van der Waals surface area contributed by atoms with E-state index in [4.69, 9.17) is 5.73 Å². The van der Waals surface area contributed by atoms with E-state index in [9.17, 15) is 13.2 Å². The van der Waals surface area contributed by atoms with E-state index in [1.807, 2.05) is 0 Å². The highest BCUT2D eigenvalue weighted by Gasteiger charge is 2.25. The Kier molecular flexibility index (Phi) is 4.18. The van der Waals surface area contributed by atoms with E-state index in [1.165, 1.54) is 18.2 Å². The topological polar surface area (TPSA) is 98.9 Å². The molecule has 0 spiro atoms. The van der Waals surface area contributed by atoms with Crippen molar-refractivity contribution in [2.75, 3.05) is 14.2 Å². The predicted octanol–water partition coefficient (Wildman–Crippen LogP) is -0.101. The quantitative estimate of drug-likeness (QED) is 0.745. The van der Waals surface area contributed by atoms with Gasteiger partial charge in [0.05, 0.1) is 23.7 Å². The van der Waals surface area contributed by atoms with Gasteiger partial charge in [0.15, 0.2) is 0 Å². The number of carbonyl (C=O) groups excluding carboxylic acids is 1. The van der Waals surface area contributed by atoms with Crippen LogP contribution in [0.4, 0.5) is 0 Å². The lowest BCUT2D eigenvalue weighted by Gasteiger charge is -2.16. The van der Waals surface area contributed by atoms with E-state index in [2.05, 4.69) is 9.68 Å². The van der Waals surface area contributed by atoms with E-state index in [1.54, 1.807) is 0 Å². The molecule has 7 nitrogen and oxygen atoms in total. The van der Waals surface area contributed by atoms with E-state index in [0.717, 1.165) is 20.3 Å². The van der Waals surface area contributed by atoms with Crippen LogP contribution in [0.1, 0.15) is 10.4 Å². The summed E-state index contributed by atoms with van der Waals surface area (Å²) in [4.78, 5) is 19.8. The zero-order chi connectivity index (χ0) is 13.1. The van der Waals surface area contributed by atoms with Gasteiger partial charge in [-0.25, -0.2) is 8.42 Å². The van der Waals surface area contributed by atoms with Crippen molar-refractivity contribution in [3.63, 3.8) is 0 Å². The van der Waals surface area contributed by atoms with Gasteiger partial charge in [-0.2, -0.15) is 0 Å². The second-order valence-electron chi connectivity index (χ2n) is 2.96. The molecule has 1 aromatic carbocycles. The molecule has 0 saturated carbocycles. The zero-order valence-corrected chi connectivity index (χ0v) is 10.1. The molecular formula is C9H12N2O5S. The molecule has 0 atom stereocenters. The third-order valence-corrected chi connectivity index (χ3v) is 3.45. The molecule has 0 saturated heterocycles. The van der Waals surface area contributed by atoms with Crippen molar-refractivity contribution in [2.45, 2.75) is 4.90 Å². The molecule has 1 amide bonds. The van der Waals surface area contributed by atoms with E-state index in [0.29, 0.717) is 4.63 Å². The van der Waals surface area contributed by atoms with Crippen molar-refractivity contribution in [3.05, 3.63) is 29.8 Å². The molecule has 8 heteroatoms. The molecule has 0 aliphatic heterocycles. The summed E-state index contributed by atoms with van der Waals surface area (Å²) >= 11 is 0. The van der Waals surface area contributed by atoms with E-state index < -0.39 is 15.9 Å². The van der Waals surface area contributed by atoms with Crippen LogP contribution in [-0.2, 0) is 19.7 Å². The van der Waals surface area contributed by atoms with Crippen molar-refractivity contribution < 1.29 is 22.9 Å². The van der Waals surface area contributed by atoms with Gasteiger partial charge in [0.1, 0.15) is 0 Å². The van der Waals surface area contributed by atoms with Gasteiger partial charge in [0.2, 0.25) is 5.91 Å². The average Bonchev–Trinajstić information content (AvgIpc) is 2.30. The summed E-state index contributed by atoms with van der Waals surface area (Å²) in [5.74, 6) is -0.719. The fraction of sp³-hybridized carbons (Fsp3) is 0.222. The Balaban J connectivity index is 3.24. The minimum absolute atomic E-state index is 0.0817. The number of primary amides is 1. The molecule has 94 valence electrons. The third kappa shape index (κ3) is 2.80. The maximum absolute atomic E-state index is 11.9. The second-order valence-corrected chi connectivity index (χ2v) is 4.68. The maximum Gasteiger partial charge on any atom is 0.288 e.